The monoisotopic (exact) mass is 346 g/mol. The number of azide groups is 1. The maximum atomic E-state index is 12.0. The predicted octanol–water partition coefficient (Wildman–Crippen LogP) is 4.96. The van der Waals surface area contributed by atoms with E-state index in [-0.39, 0.29) is 12.5 Å². The fourth-order valence-electron chi connectivity index (χ4n) is 2.49. The van der Waals surface area contributed by atoms with Crippen molar-refractivity contribution in [2.75, 3.05) is 19.7 Å². The van der Waals surface area contributed by atoms with Gasteiger partial charge in [-0.15, -0.1) is 0 Å². The van der Waals surface area contributed by atoms with Crippen LogP contribution in [0.15, 0.2) is 29.4 Å². The first-order valence-corrected chi connectivity index (χ1v) is 9.04. The summed E-state index contributed by atoms with van der Waals surface area (Å²) in [5, 5.41) is 6.09. The third-order valence-electron chi connectivity index (χ3n) is 4.01. The van der Waals surface area contributed by atoms with Gasteiger partial charge >= 0.3 is 0 Å². The number of ether oxygens (including phenoxy) is 1. The molecule has 0 bridgehead atoms. The van der Waals surface area contributed by atoms with Gasteiger partial charge in [-0.05, 0) is 42.0 Å². The maximum absolute atomic E-state index is 12.0. The second kappa shape index (κ2) is 12.2. The zero-order valence-electron chi connectivity index (χ0n) is 15.6. The second-order valence-electron chi connectivity index (χ2n) is 6.81. The highest BCUT2D eigenvalue weighted by molar-refractivity contribution is 5.94. The lowest BCUT2D eigenvalue weighted by atomic mass is 9.98. The highest BCUT2D eigenvalue weighted by Gasteiger charge is 2.07. The van der Waals surface area contributed by atoms with E-state index < -0.39 is 0 Å². The van der Waals surface area contributed by atoms with Gasteiger partial charge in [0.15, 0.2) is 0 Å². The number of amides is 1. The number of hydrogen-bond acceptors (Lipinski definition) is 3. The molecule has 6 heteroatoms. The Morgan fingerprint density at radius 1 is 1.28 bits per heavy atom. The van der Waals surface area contributed by atoms with Crippen molar-refractivity contribution in [1.29, 1.82) is 0 Å². The first-order valence-electron chi connectivity index (χ1n) is 9.04. The number of carbonyl (C=O) groups is 1. The number of nitrogens with zero attached hydrogens (tertiary/aromatic N) is 3. The molecule has 6 nitrogen and oxygen atoms in total. The Bertz CT molecular complexity index is 568. The molecule has 1 atom stereocenters. The number of hydrogen-bond donors (Lipinski definition) is 1. The van der Waals surface area contributed by atoms with Crippen molar-refractivity contribution in [2.24, 2.45) is 17.0 Å². The smallest absolute Gasteiger partial charge is 0.251 e. The van der Waals surface area contributed by atoms with Crippen LogP contribution in [-0.2, 0) is 0 Å². The Balaban J connectivity index is 2.34. The van der Waals surface area contributed by atoms with Crippen molar-refractivity contribution in [3.8, 4) is 5.75 Å². The lowest BCUT2D eigenvalue weighted by molar-refractivity contribution is 0.0954. The number of benzene rings is 1. The molecule has 0 aliphatic heterocycles. The van der Waals surface area contributed by atoms with E-state index in [0.717, 1.165) is 12.3 Å². The molecular formula is C19H30N4O2. The van der Waals surface area contributed by atoms with Gasteiger partial charge in [-0.2, -0.15) is 0 Å². The van der Waals surface area contributed by atoms with Gasteiger partial charge in [0.05, 0.1) is 6.61 Å². The maximum Gasteiger partial charge on any atom is 0.251 e. The van der Waals surface area contributed by atoms with Crippen molar-refractivity contribution in [2.45, 2.75) is 46.5 Å². The molecule has 0 aliphatic carbocycles. The Morgan fingerprint density at radius 3 is 2.80 bits per heavy atom. The summed E-state index contributed by atoms with van der Waals surface area (Å²) in [6.45, 7) is 8.00. The van der Waals surface area contributed by atoms with Crippen LogP contribution in [0, 0.1) is 11.8 Å². The molecule has 1 aromatic rings. The van der Waals surface area contributed by atoms with Crippen molar-refractivity contribution >= 4 is 5.91 Å². The molecule has 0 radical (unpaired) electrons. The first-order chi connectivity index (χ1) is 12.0. The number of nitrogens with one attached hydrogen (secondary N) is 1. The molecule has 0 heterocycles. The van der Waals surface area contributed by atoms with Crippen LogP contribution in [-0.4, -0.2) is 25.6 Å². The van der Waals surface area contributed by atoms with Gasteiger partial charge in [-0.3, -0.25) is 4.79 Å². The topological polar surface area (TPSA) is 87.1 Å². The third-order valence-corrected chi connectivity index (χ3v) is 4.01. The summed E-state index contributed by atoms with van der Waals surface area (Å²) in [6, 6.07) is 7.15. The van der Waals surface area contributed by atoms with Crippen LogP contribution < -0.4 is 10.1 Å². The third kappa shape index (κ3) is 9.62. The molecule has 0 unspecified atom stereocenters. The molecule has 0 aliphatic rings. The highest BCUT2D eigenvalue weighted by Crippen LogP contribution is 2.17. The first kappa shape index (κ1) is 20.8. The van der Waals surface area contributed by atoms with Gasteiger partial charge in [-0.1, -0.05) is 51.2 Å². The van der Waals surface area contributed by atoms with Gasteiger partial charge in [-0.25, -0.2) is 0 Å². The lowest BCUT2D eigenvalue weighted by Crippen LogP contribution is -2.25. The fourth-order valence-corrected chi connectivity index (χ4v) is 2.49. The summed E-state index contributed by atoms with van der Waals surface area (Å²) >= 11 is 0. The number of carbonyl (C=O) groups excluding carboxylic acids is 1. The standard InChI is InChI=1S/C19H30N4O2/c1-15(2)6-4-7-16(3)10-13-25-18-9-5-8-17(14-18)19(24)21-11-12-22-23-20/h5,8-9,14-16H,4,6-7,10-13H2,1-3H3,(H,21,24)/t16-/m1/s1. The molecular weight excluding hydrogens is 316 g/mol. The molecule has 0 saturated heterocycles. The SMILES string of the molecule is CC(C)CCC[C@@H](C)CCOc1cccc(C(=O)NCCN=[N+]=[N-])c1. The average Bonchev–Trinajstić information content (AvgIpc) is 2.58. The van der Waals surface area contributed by atoms with Crippen molar-refractivity contribution in [3.63, 3.8) is 0 Å². The van der Waals surface area contributed by atoms with E-state index in [1.165, 1.54) is 19.3 Å². The molecule has 0 aromatic heterocycles. The zero-order valence-corrected chi connectivity index (χ0v) is 15.6. The quantitative estimate of drug-likeness (QED) is 0.251. The van der Waals surface area contributed by atoms with Crippen LogP contribution in [0.1, 0.15) is 56.8 Å². The summed E-state index contributed by atoms with van der Waals surface area (Å²) in [5.74, 6) is 1.92. The molecule has 1 N–H and O–H groups in total. The van der Waals surface area contributed by atoms with Gasteiger partial charge in [0.2, 0.25) is 0 Å². The Kier molecular flexibility index (Phi) is 10.2. The molecule has 1 aromatic carbocycles. The summed E-state index contributed by atoms with van der Waals surface area (Å²) in [7, 11) is 0. The van der Waals surface area contributed by atoms with Gasteiger partial charge in [0.25, 0.3) is 5.91 Å². The number of rotatable bonds is 12. The highest BCUT2D eigenvalue weighted by atomic mass is 16.5. The van der Waals surface area contributed by atoms with E-state index in [9.17, 15) is 4.79 Å². The summed E-state index contributed by atoms with van der Waals surface area (Å²) < 4.78 is 5.79. The van der Waals surface area contributed by atoms with Crippen molar-refractivity contribution in [1.82, 2.24) is 5.32 Å². The van der Waals surface area contributed by atoms with E-state index in [4.69, 9.17) is 10.3 Å². The van der Waals surface area contributed by atoms with Gasteiger partial charge in [0.1, 0.15) is 5.75 Å². The van der Waals surface area contributed by atoms with E-state index in [2.05, 4.69) is 36.1 Å². The normalized spacial score (nSPS) is 11.7. The summed E-state index contributed by atoms with van der Waals surface area (Å²) in [5.41, 5.74) is 8.75. The summed E-state index contributed by atoms with van der Waals surface area (Å²) in [4.78, 5) is 14.7. The van der Waals surface area contributed by atoms with Crippen LogP contribution >= 0.6 is 0 Å². The van der Waals surface area contributed by atoms with Crippen LogP contribution in [0.4, 0.5) is 0 Å². The second-order valence-corrected chi connectivity index (χ2v) is 6.81. The minimum Gasteiger partial charge on any atom is -0.494 e. The van der Waals surface area contributed by atoms with Crippen LogP contribution in [0.2, 0.25) is 0 Å². The van der Waals surface area contributed by atoms with Gasteiger partial charge < -0.3 is 10.1 Å². The van der Waals surface area contributed by atoms with Crippen molar-refractivity contribution < 1.29 is 9.53 Å². The molecule has 0 saturated carbocycles. The predicted molar refractivity (Wildman–Crippen MR) is 101 cm³/mol. The zero-order chi connectivity index (χ0) is 18.5. The van der Waals surface area contributed by atoms with Crippen molar-refractivity contribution in [3.05, 3.63) is 40.3 Å². The molecule has 1 amide bonds. The Labute approximate surface area is 150 Å². The van der Waals surface area contributed by atoms with E-state index in [1.54, 1.807) is 12.1 Å². The van der Waals surface area contributed by atoms with Crippen LogP contribution in [0.5, 0.6) is 5.75 Å². The molecule has 138 valence electrons. The molecule has 25 heavy (non-hydrogen) atoms. The minimum atomic E-state index is -0.194. The van der Waals surface area contributed by atoms with E-state index >= 15 is 0 Å². The molecule has 0 spiro atoms. The lowest BCUT2D eigenvalue weighted by Gasteiger charge is -2.13. The summed E-state index contributed by atoms with van der Waals surface area (Å²) in [6.07, 6.45) is 4.79. The Hall–Kier alpha value is -2.20. The fraction of sp³-hybridized carbons (Fsp3) is 0.632. The average molecular weight is 346 g/mol. The minimum absolute atomic E-state index is 0.194. The van der Waals surface area contributed by atoms with Crippen LogP contribution in [0.25, 0.3) is 10.4 Å². The van der Waals surface area contributed by atoms with E-state index in [1.807, 2.05) is 12.1 Å². The van der Waals surface area contributed by atoms with Gasteiger partial charge in [0, 0.05) is 23.6 Å². The Morgan fingerprint density at radius 2 is 2.08 bits per heavy atom. The molecule has 0 fully saturated rings. The largest absolute Gasteiger partial charge is 0.494 e. The van der Waals surface area contributed by atoms with Crippen LogP contribution in [0.3, 0.4) is 0 Å². The van der Waals surface area contributed by atoms with E-state index in [0.29, 0.717) is 30.4 Å². The molecule has 1 rings (SSSR count).